The number of benzene rings is 1. The van der Waals surface area contributed by atoms with Gasteiger partial charge in [0.05, 0.1) is 5.56 Å². The number of carboxylic acids is 1. The molecule has 0 radical (unpaired) electrons. The number of ketones is 1. The van der Waals surface area contributed by atoms with Gasteiger partial charge in [-0.1, -0.05) is 6.07 Å². The smallest absolute Gasteiger partial charge is 0.335 e. The topological polar surface area (TPSA) is 66.4 Å². The van der Waals surface area contributed by atoms with Gasteiger partial charge < -0.3 is 10.4 Å². The third-order valence-electron chi connectivity index (χ3n) is 7.58. The van der Waals surface area contributed by atoms with Gasteiger partial charge in [0.15, 0.2) is 5.78 Å². The number of hydrogen-bond acceptors (Lipinski definition) is 3. The molecule has 1 aromatic rings. The molecule has 0 saturated heterocycles. The van der Waals surface area contributed by atoms with Crippen molar-refractivity contribution in [2.45, 2.75) is 64.3 Å². The highest BCUT2D eigenvalue weighted by atomic mass is 16.4. The standard InChI is InChI=1S/C24H29NO3/c1-23(2)13-18-8-17(22(27)28)3-4-19(18)20(25-23)9-21(26)24-10-14-5-15(11-24)7-16(6-14)12-24/h3-4,8-9,14-16,25H,5-7,10-13H2,1-2H3,(H,27,28). The maximum absolute atomic E-state index is 13.6. The number of nitrogens with one attached hydrogen (secondary N) is 1. The van der Waals surface area contributed by atoms with E-state index in [0.717, 1.165) is 60.3 Å². The highest BCUT2D eigenvalue weighted by Crippen LogP contribution is 2.60. The van der Waals surface area contributed by atoms with Gasteiger partial charge in [0.2, 0.25) is 0 Å². The molecule has 148 valence electrons. The highest BCUT2D eigenvalue weighted by molar-refractivity contribution is 6.01. The summed E-state index contributed by atoms with van der Waals surface area (Å²) in [6.45, 7) is 4.21. The molecule has 0 amide bonds. The molecule has 0 unspecified atom stereocenters. The van der Waals surface area contributed by atoms with Crippen LogP contribution < -0.4 is 5.32 Å². The Kier molecular flexibility index (Phi) is 3.82. The lowest BCUT2D eigenvalue weighted by Crippen LogP contribution is -2.50. The number of carbonyl (C=O) groups excluding carboxylic acids is 1. The van der Waals surface area contributed by atoms with Crippen molar-refractivity contribution in [2.75, 3.05) is 0 Å². The molecule has 28 heavy (non-hydrogen) atoms. The molecule has 0 aromatic heterocycles. The zero-order valence-corrected chi connectivity index (χ0v) is 16.8. The van der Waals surface area contributed by atoms with Gasteiger partial charge in [0.1, 0.15) is 0 Å². The van der Waals surface area contributed by atoms with Crippen LogP contribution in [-0.2, 0) is 11.2 Å². The molecule has 4 saturated carbocycles. The Hall–Kier alpha value is -2.10. The summed E-state index contributed by atoms with van der Waals surface area (Å²) in [5.74, 6) is 1.62. The van der Waals surface area contributed by atoms with Crippen LogP contribution in [0.4, 0.5) is 0 Å². The third kappa shape index (κ3) is 2.89. The van der Waals surface area contributed by atoms with E-state index in [-0.39, 0.29) is 11.0 Å². The lowest BCUT2D eigenvalue weighted by molar-refractivity contribution is -0.138. The normalized spacial score (nSPS) is 36.1. The first-order valence-corrected chi connectivity index (χ1v) is 10.6. The van der Waals surface area contributed by atoms with Crippen LogP contribution in [0.15, 0.2) is 24.3 Å². The zero-order chi connectivity index (χ0) is 19.7. The second-order valence-electron chi connectivity index (χ2n) is 10.5. The van der Waals surface area contributed by atoms with E-state index in [2.05, 4.69) is 19.2 Å². The molecule has 4 bridgehead atoms. The molecule has 4 nitrogen and oxygen atoms in total. The maximum Gasteiger partial charge on any atom is 0.335 e. The van der Waals surface area contributed by atoms with Crippen molar-refractivity contribution in [3.05, 3.63) is 41.0 Å². The van der Waals surface area contributed by atoms with Crippen LogP contribution in [0.5, 0.6) is 0 Å². The van der Waals surface area contributed by atoms with E-state index in [9.17, 15) is 14.7 Å². The van der Waals surface area contributed by atoms with E-state index < -0.39 is 5.97 Å². The fraction of sp³-hybridized carbons (Fsp3) is 0.583. The van der Waals surface area contributed by atoms with Crippen LogP contribution in [0, 0.1) is 23.2 Å². The number of carbonyl (C=O) groups is 2. The van der Waals surface area contributed by atoms with Crippen LogP contribution in [-0.4, -0.2) is 22.4 Å². The number of allylic oxidation sites excluding steroid dienone is 1. The van der Waals surface area contributed by atoms with Gasteiger partial charge in [0.25, 0.3) is 0 Å². The van der Waals surface area contributed by atoms with E-state index in [4.69, 9.17) is 0 Å². The lowest BCUT2D eigenvalue weighted by Gasteiger charge is -2.55. The molecule has 4 fully saturated rings. The van der Waals surface area contributed by atoms with Crippen LogP contribution in [0.2, 0.25) is 0 Å². The summed E-state index contributed by atoms with van der Waals surface area (Å²) < 4.78 is 0. The van der Waals surface area contributed by atoms with E-state index in [1.807, 2.05) is 12.1 Å². The number of hydrogen-bond donors (Lipinski definition) is 2. The lowest BCUT2D eigenvalue weighted by atomic mass is 9.48. The van der Waals surface area contributed by atoms with Crippen molar-refractivity contribution in [2.24, 2.45) is 23.2 Å². The highest BCUT2D eigenvalue weighted by Gasteiger charge is 2.54. The first-order valence-electron chi connectivity index (χ1n) is 10.6. The Morgan fingerprint density at radius 1 is 1.07 bits per heavy atom. The predicted octanol–water partition coefficient (Wildman–Crippen LogP) is 4.44. The number of carboxylic acid groups (broad SMARTS) is 1. The summed E-state index contributed by atoms with van der Waals surface area (Å²) in [6.07, 6.45) is 9.78. The van der Waals surface area contributed by atoms with Crippen molar-refractivity contribution >= 4 is 17.4 Å². The van der Waals surface area contributed by atoms with Crippen LogP contribution in [0.1, 0.15) is 73.9 Å². The molecule has 1 heterocycles. The van der Waals surface area contributed by atoms with Gasteiger partial charge in [0, 0.05) is 28.3 Å². The van der Waals surface area contributed by atoms with E-state index >= 15 is 0 Å². The minimum absolute atomic E-state index is 0.147. The molecule has 1 aliphatic heterocycles. The minimum atomic E-state index is -0.908. The fourth-order valence-electron chi connectivity index (χ4n) is 6.90. The summed E-state index contributed by atoms with van der Waals surface area (Å²) in [6, 6.07) is 5.27. The van der Waals surface area contributed by atoms with Crippen molar-refractivity contribution in [1.82, 2.24) is 5.32 Å². The van der Waals surface area contributed by atoms with Gasteiger partial charge in [-0.05, 0) is 94.2 Å². The molecule has 0 spiro atoms. The number of fused-ring (bicyclic) bond motifs is 1. The maximum atomic E-state index is 13.6. The van der Waals surface area contributed by atoms with Gasteiger partial charge in [-0.25, -0.2) is 4.79 Å². The molecular formula is C24H29NO3. The SMILES string of the molecule is CC1(C)Cc2cc(C(=O)O)ccc2C(=CC(=O)C23CC4CC(CC(C4)C2)C3)N1. The Labute approximate surface area is 166 Å². The van der Waals surface area contributed by atoms with Gasteiger partial charge in [-0.15, -0.1) is 0 Å². The first-order chi connectivity index (χ1) is 13.2. The second-order valence-corrected chi connectivity index (χ2v) is 10.5. The van der Waals surface area contributed by atoms with Gasteiger partial charge in [-0.3, -0.25) is 4.79 Å². The monoisotopic (exact) mass is 379 g/mol. The van der Waals surface area contributed by atoms with E-state index in [0.29, 0.717) is 11.3 Å². The average molecular weight is 380 g/mol. The molecule has 2 N–H and O–H groups in total. The van der Waals surface area contributed by atoms with Crippen LogP contribution in [0.3, 0.4) is 0 Å². The van der Waals surface area contributed by atoms with Crippen molar-refractivity contribution in [3.63, 3.8) is 0 Å². The molecule has 4 heteroatoms. The van der Waals surface area contributed by atoms with Crippen molar-refractivity contribution in [3.8, 4) is 0 Å². The van der Waals surface area contributed by atoms with Gasteiger partial charge >= 0.3 is 5.97 Å². The predicted molar refractivity (Wildman–Crippen MR) is 108 cm³/mol. The summed E-state index contributed by atoms with van der Waals surface area (Å²) in [7, 11) is 0. The Bertz CT molecular complexity index is 860. The Balaban J connectivity index is 1.51. The van der Waals surface area contributed by atoms with E-state index in [1.54, 1.807) is 12.1 Å². The molecule has 1 aromatic carbocycles. The van der Waals surface area contributed by atoms with Crippen LogP contribution >= 0.6 is 0 Å². The fourth-order valence-corrected chi connectivity index (χ4v) is 6.90. The molecular weight excluding hydrogens is 350 g/mol. The summed E-state index contributed by atoms with van der Waals surface area (Å²) in [4.78, 5) is 24.9. The second kappa shape index (κ2) is 5.95. The molecule has 6 rings (SSSR count). The quantitative estimate of drug-likeness (QED) is 0.762. The average Bonchev–Trinajstić information content (AvgIpc) is 2.59. The van der Waals surface area contributed by atoms with Crippen molar-refractivity contribution < 1.29 is 14.7 Å². The van der Waals surface area contributed by atoms with Crippen LogP contribution in [0.25, 0.3) is 5.70 Å². The first kappa shape index (κ1) is 18.0. The van der Waals surface area contributed by atoms with E-state index in [1.165, 1.54) is 19.3 Å². The van der Waals surface area contributed by atoms with Gasteiger partial charge in [-0.2, -0.15) is 0 Å². The largest absolute Gasteiger partial charge is 0.478 e. The summed E-state index contributed by atoms with van der Waals surface area (Å²) in [5.41, 5.74) is 2.80. The van der Waals surface area contributed by atoms with Crippen molar-refractivity contribution in [1.29, 1.82) is 0 Å². The molecule has 5 aliphatic rings. The Morgan fingerprint density at radius 2 is 1.68 bits per heavy atom. The summed E-state index contributed by atoms with van der Waals surface area (Å²) in [5, 5.41) is 12.9. The number of aromatic carboxylic acids is 1. The number of rotatable bonds is 3. The zero-order valence-electron chi connectivity index (χ0n) is 16.8. The third-order valence-corrected chi connectivity index (χ3v) is 7.58. The minimum Gasteiger partial charge on any atom is -0.478 e. The summed E-state index contributed by atoms with van der Waals surface area (Å²) >= 11 is 0. The Morgan fingerprint density at radius 3 is 2.25 bits per heavy atom. The molecule has 4 aliphatic carbocycles. The molecule has 0 atom stereocenters.